The fourth-order valence-corrected chi connectivity index (χ4v) is 6.73. The van der Waals surface area contributed by atoms with Crippen LogP contribution in [0, 0.1) is 0 Å². The largest absolute Gasteiger partial charge is 0.368 e. The minimum absolute atomic E-state index is 0.181. The van der Waals surface area contributed by atoms with Gasteiger partial charge in [-0.1, -0.05) is 42.6 Å². The molecule has 1 aliphatic carbocycles. The molecule has 7 heteroatoms. The van der Waals surface area contributed by atoms with Crippen molar-refractivity contribution in [2.75, 3.05) is 31.1 Å². The highest BCUT2D eigenvalue weighted by Gasteiger charge is 2.54. The molecule has 5 nitrogen and oxygen atoms in total. The molecule has 2 aromatic rings. The lowest BCUT2D eigenvalue weighted by molar-refractivity contribution is -0.134. The second-order valence-electron chi connectivity index (χ2n) is 7.77. The zero-order valence-electron chi connectivity index (χ0n) is 16.3. The van der Waals surface area contributed by atoms with Crippen LogP contribution < -0.4 is 4.90 Å². The maximum Gasteiger partial charge on any atom is 0.244 e. The molecule has 0 aromatic heterocycles. The van der Waals surface area contributed by atoms with Gasteiger partial charge in [-0.05, 0) is 49.2 Å². The van der Waals surface area contributed by atoms with Crippen LogP contribution >= 0.6 is 11.6 Å². The summed E-state index contributed by atoms with van der Waals surface area (Å²) in [6, 6.07) is 16.3. The number of hydrogen-bond acceptors (Lipinski definition) is 4. The molecule has 1 amide bonds. The zero-order valence-corrected chi connectivity index (χ0v) is 17.8. The Kier molecular flexibility index (Phi) is 5.58. The third-order valence-corrected chi connectivity index (χ3v) is 8.88. The third-order valence-electron chi connectivity index (χ3n) is 6.13. The first-order valence-corrected chi connectivity index (χ1v) is 11.9. The van der Waals surface area contributed by atoms with Gasteiger partial charge < -0.3 is 9.80 Å². The van der Waals surface area contributed by atoms with Crippen molar-refractivity contribution in [3.63, 3.8) is 0 Å². The van der Waals surface area contributed by atoms with Gasteiger partial charge >= 0.3 is 0 Å². The molecule has 0 spiro atoms. The van der Waals surface area contributed by atoms with Crippen LogP contribution in [0.15, 0.2) is 59.5 Å². The van der Waals surface area contributed by atoms with Crippen molar-refractivity contribution >= 4 is 33.0 Å². The molecule has 154 valence electrons. The molecule has 0 N–H and O–H groups in total. The van der Waals surface area contributed by atoms with Crippen LogP contribution in [0.1, 0.15) is 25.7 Å². The van der Waals surface area contributed by atoms with Gasteiger partial charge in [-0.2, -0.15) is 0 Å². The van der Waals surface area contributed by atoms with Crippen LogP contribution in [0.5, 0.6) is 0 Å². The lowest BCUT2D eigenvalue weighted by Crippen LogP contribution is -2.57. The van der Waals surface area contributed by atoms with Crippen molar-refractivity contribution in [1.29, 1.82) is 0 Å². The summed E-state index contributed by atoms with van der Waals surface area (Å²) < 4.78 is 25.7. The normalized spacial score (nSPS) is 19.3. The quantitative estimate of drug-likeness (QED) is 0.737. The maximum absolute atomic E-state index is 13.6. The Morgan fingerprint density at radius 2 is 1.45 bits per heavy atom. The average molecular weight is 433 g/mol. The molecule has 0 unspecified atom stereocenters. The predicted octanol–water partition coefficient (Wildman–Crippen LogP) is 3.78. The minimum atomic E-state index is -3.79. The molecule has 2 aliphatic rings. The lowest BCUT2D eigenvalue weighted by Gasteiger charge is -2.40. The highest BCUT2D eigenvalue weighted by atomic mass is 35.5. The van der Waals surface area contributed by atoms with Gasteiger partial charge in [0.1, 0.15) is 0 Å². The summed E-state index contributed by atoms with van der Waals surface area (Å²) in [4.78, 5) is 17.7. The first-order valence-electron chi connectivity index (χ1n) is 10.0. The molecule has 2 fully saturated rings. The molecule has 1 saturated heterocycles. The number of halogens is 1. The molecular weight excluding hydrogens is 408 g/mol. The summed E-state index contributed by atoms with van der Waals surface area (Å²) in [6.07, 6.45) is 2.27. The number of amides is 1. The average Bonchev–Trinajstić information content (AvgIpc) is 3.26. The number of nitrogens with zero attached hydrogens (tertiary/aromatic N) is 2. The van der Waals surface area contributed by atoms with Gasteiger partial charge in [0.25, 0.3) is 0 Å². The second kappa shape index (κ2) is 8.00. The van der Waals surface area contributed by atoms with Gasteiger partial charge in [0.15, 0.2) is 14.6 Å². The number of carbonyl (C=O) groups is 1. The van der Waals surface area contributed by atoms with Crippen LogP contribution in [-0.4, -0.2) is 50.2 Å². The molecule has 1 heterocycles. The maximum atomic E-state index is 13.6. The van der Waals surface area contributed by atoms with E-state index in [9.17, 15) is 13.2 Å². The van der Waals surface area contributed by atoms with Crippen molar-refractivity contribution in [2.24, 2.45) is 0 Å². The number of benzene rings is 2. The van der Waals surface area contributed by atoms with E-state index >= 15 is 0 Å². The molecule has 1 saturated carbocycles. The summed E-state index contributed by atoms with van der Waals surface area (Å²) in [5.41, 5.74) is 1.13. The molecule has 2 aromatic carbocycles. The van der Waals surface area contributed by atoms with E-state index in [0.29, 0.717) is 44.0 Å². The van der Waals surface area contributed by atoms with E-state index in [2.05, 4.69) is 17.0 Å². The highest BCUT2D eigenvalue weighted by molar-refractivity contribution is 7.93. The van der Waals surface area contributed by atoms with E-state index in [1.54, 1.807) is 17.0 Å². The van der Waals surface area contributed by atoms with E-state index in [0.717, 1.165) is 18.5 Å². The Morgan fingerprint density at radius 3 is 2.03 bits per heavy atom. The van der Waals surface area contributed by atoms with Gasteiger partial charge in [-0.3, -0.25) is 4.79 Å². The van der Waals surface area contributed by atoms with Gasteiger partial charge in [0, 0.05) is 36.9 Å². The van der Waals surface area contributed by atoms with Gasteiger partial charge in [-0.15, -0.1) is 0 Å². The van der Waals surface area contributed by atoms with Crippen molar-refractivity contribution in [1.82, 2.24) is 4.90 Å². The van der Waals surface area contributed by atoms with Crippen LogP contribution in [0.2, 0.25) is 5.02 Å². The SMILES string of the molecule is O=C(N1CCN(c2ccccc2)CC1)C1(S(=O)(=O)c2ccc(Cl)cc2)CCCC1. The summed E-state index contributed by atoms with van der Waals surface area (Å²) in [5, 5.41) is 0.479. The van der Waals surface area contributed by atoms with Crippen LogP contribution in [-0.2, 0) is 14.6 Å². The van der Waals surface area contributed by atoms with E-state index in [1.807, 2.05) is 18.2 Å². The predicted molar refractivity (Wildman–Crippen MR) is 115 cm³/mol. The summed E-state index contributed by atoms with van der Waals surface area (Å²) in [6.45, 7) is 2.47. The Morgan fingerprint density at radius 1 is 0.862 bits per heavy atom. The second-order valence-corrected chi connectivity index (χ2v) is 10.5. The molecule has 0 atom stereocenters. The number of anilines is 1. The van der Waals surface area contributed by atoms with Crippen LogP contribution in [0.3, 0.4) is 0 Å². The molecule has 4 rings (SSSR count). The fraction of sp³-hybridized carbons (Fsp3) is 0.409. The Bertz CT molecular complexity index is 963. The highest BCUT2D eigenvalue weighted by Crippen LogP contribution is 2.42. The van der Waals surface area contributed by atoms with Crippen LogP contribution in [0.25, 0.3) is 0 Å². The smallest absolute Gasteiger partial charge is 0.244 e. The standard InChI is InChI=1S/C22H25ClN2O3S/c23-18-8-10-20(11-9-18)29(27,28)22(12-4-5-13-22)21(26)25-16-14-24(15-17-25)19-6-2-1-3-7-19/h1-3,6-11H,4-5,12-17H2. The van der Waals surface area contributed by atoms with Crippen molar-refractivity contribution < 1.29 is 13.2 Å². The van der Waals surface area contributed by atoms with E-state index in [4.69, 9.17) is 11.6 Å². The summed E-state index contributed by atoms with van der Waals surface area (Å²) >= 11 is 5.93. The monoisotopic (exact) mass is 432 g/mol. The number of hydrogen-bond donors (Lipinski definition) is 0. The fourth-order valence-electron chi connectivity index (χ4n) is 4.48. The molecule has 29 heavy (non-hydrogen) atoms. The van der Waals surface area contributed by atoms with Crippen LogP contribution in [0.4, 0.5) is 5.69 Å². The topological polar surface area (TPSA) is 57.7 Å². The summed E-state index contributed by atoms with van der Waals surface area (Å²) in [5.74, 6) is -0.238. The Labute approximate surface area is 177 Å². The Hall–Kier alpha value is -2.05. The summed E-state index contributed by atoms with van der Waals surface area (Å²) in [7, 11) is -3.79. The van der Waals surface area contributed by atoms with Gasteiger partial charge in [-0.25, -0.2) is 8.42 Å². The van der Waals surface area contributed by atoms with Crippen molar-refractivity contribution in [3.8, 4) is 0 Å². The van der Waals surface area contributed by atoms with Crippen molar-refractivity contribution in [2.45, 2.75) is 35.3 Å². The third kappa shape index (κ3) is 3.64. The van der Waals surface area contributed by atoms with E-state index < -0.39 is 14.6 Å². The molecule has 1 aliphatic heterocycles. The Balaban J connectivity index is 1.56. The minimum Gasteiger partial charge on any atom is -0.368 e. The molecule has 0 bridgehead atoms. The van der Waals surface area contributed by atoms with Gasteiger partial charge in [0.2, 0.25) is 5.91 Å². The molecule has 0 radical (unpaired) electrons. The first kappa shape index (κ1) is 20.2. The number of para-hydroxylation sites is 1. The number of piperazine rings is 1. The lowest BCUT2D eigenvalue weighted by atomic mass is 10.0. The number of carbonyl (C=O) groups excluding carboxylic acids is 1. The number of rotatable bonds is 4. The van der Waals surface area contributed by atoms with Gasteiger partial charge in [0.05, 0.1) is 4.90 Å². The molecular formula is C22H25ClN2O3S. The zero-order chi connectivity index (χ0) is 20.5. The van der Waals surface area contributed by atoms with E-state index in [1.165, 1.54) is 12.1 Å². The van der Waals surface area contributed by atoms with Crippen molar-refractivity contribution in [3.05, 3.63) is 59.6 Å². The first-order chi connectivity index (χ1) is 13.9. The number of sulfone groups is 1. The van der Waals surface area contributed by atoms with E-state index in [-0.39, 0.29) is 10.8 Å².